The molecule has 0 spiro atoms. The highest BCUT2D eigenvalue weighted by atomic mass is 35.5. The monoisotopic (exact) mass is 304 g/mol. The maximum Gasteiger partial charge on any atom is 0.289 e. The highest BCUT2D eigenvalue weighted by Gasteiger charge is 2.45. The molecule has 0 amide bonds. The zero-order valence-electron chi connectivity index (χ0n) is 11.4. The minimum atomic E-state index is -3.23. The van der Waals surface area contributed by atoms with Crippen LogP contribution in [0.15, 0.2) is 18.2 Å². The minimum absolute atomic E-state index is 0.321. The van der Waals surface area contributed by atoms with E-state index in [1.807, 2.05) is 0 Å². The van der Waals surface area contributed by atoms with Crippen molar-refractivity contribution in [1.29, 1.82) is 0 Å². The van der Waals surface area contributed by atoms with Crippen LogP contribution in [0.25, 0.3) is 0 Å². The lowest BCUT2D eigenvalue weighted by Gasteiger charge is -2.39. The summed E-state index contributed by atoms with van der Waals surface area (Å²) in [6, 6.07) is 3.94. The Balaban J connectivity index is 2.45. The van der Waals surface area contributed by atoms with Gasteiger partial charge in [0.05, 0.1) is 0 Å². The molecule has 1 aliphatic rings. The van der Waals surface area contributed by atoms with E-state index in [0.717, 1.165) is 0 Å². The van der Waals surface area contributed by atoms with Crippen LogP contribution in [0.5, 0.6) is 0 Å². The SMILES string of the molecule is Cc1cccc(Cl)c1[C@H](N1CCNCC1)C(F)(F)CO. The number of nitrogens with one attached hydrogen (secondary N) is 1. The zero-order chi connectivity index (χ0) is 14.8. The van der Waals surface area contributed by atoms with Crippen LogP contribution < -0.4 is 5.32 Å². The summed E-state index contributed by atoms with van der Waals surface area (Å²) in [6.45, 7) is 2.90. The molecule has 20 heavy (non-hydrogen) atoms. The van der Waals surface area contributed by atoms with E-state index in [9.17, 15) is 8.78 Å². The van der Waals surface area contributed by atoms with Crippen LogP contribution in [-0.4, -0.2) is 48.7 Å². The molecule has 6 heteroatoms. The number of halogens is 3. The second-order valence-corrected chi connectivity index (χ2v) is 5.49. The first kappa shape index (κ1) is 15.6. The Morgan fingerprint density at radius 1 is 1.40 bits per heavy atom. The van der Waals surface area contributed by atoms with Gasteiger partial charge in [0.25, 0.3) is 5.92 Å². The first-order valence-corrected chi connectivity index (χ1v) is 7.03. The van der Waals surface area contributed by atoms with Crippen molar-refractivity contribution in [2.75, 3.05) is 32.8 Å². The van der Waals surface area contributed by atoms with Crippen LogP contribution in [0.1, 0.15) is 17.2 Å². The number of benzene rings is 1. The summed E-state index contributed by atoms with van der Waals surface area (Å²) in [4.78, 5) is 1.70. The molecule has 1 aromatic rings. The molecule has 0 bridgehead atoms. The Bertz CT molecular complexity index is 444. The molecule has 1 aliphatic heterocycles. The van der Waals surface area contributed by atoms with Crippen LogP contribution in [0.4, 0.5) is 8.78 Å². The molecule has 1 aromatic carbocycles. The van der Waals surface area contributed by atoms with E-state index < -0.39 is 18.6 Å². The van der Waals surface area contributed by atoms with Crippen molar-refractivity contribution in [2.45, 2.75) is 18.9 Å². The van der Waals surface area contributed by atoms with E-state index >= 15 is 0 Å². The topological polar surface area (TPSA) is 35.5 Å². The van der Waals surface area contributed by atoms with Gasteiger partial charge in [0.15, 0.2) is 0 Å². The molecular formula is C14H19ClF2N2O. The van der Waals surface area contributed by atoms with Gasteiger partial charge in [-0.2, -0.15) is 0 Å². The molecule has 1 saturated heterocycles. The first-order valence-electron chi connectivity index (χ1n) is 6.66. The number of hydrogen-bond acceptors (Lipinski definition) is 3. The van der Waals surface area contributed by atoms with Gasteiger partial charge in [-0.1, -0.05) is 23.7 Å². The van der Waals surface area contributed by atoms with Crippen LogP contribution in [0.2, 0.25) is 5.02 Å². The summed E-state index contributed by atoms with van der Waals surface area (Å²) in [5, 5.41) is 12.6. The van der Waals surface area contributed by atoms with Gasteiger partial charge < -0.3 is 10.4 Å². The average molecular weight is 305 g/mol. The summed E-state index contributed by atoms with van der Waals surface area (Å²) < 4.78 is 28.6. The lowest BCUT2D eigenvalue weighted by Crippen LogP contribution is -2.51. The van der Waals surface area contributed by atoms with Gasteiger partial charge in [0.1, 0.15) is 12.6 Å². The van der Waals surface area contributed by atoms with E-state index in [4.69, 9.17) is 16.7 Å². The number of nitrogens with zero attached hydrogens (tertiary/aromatic N) is 1. The second-order valence-electron chi connectivity index (χ2n) is 5.08. The number of hydrogen-bond donors (Lipinski definition) is 2. The lowest BCUT2D eigenvalue weighted by atomic mass is 9.94. The van der Waals surface area contributed by atoms with Gasteiger partial charge in [0, 0.05) is 31.2 Å². The fourth-order valence-electron chi connectivity index (χ4n) is 2.68. The van der Waals surface area contributed by atoms with Gasteiger partial charge in [-0.25, -0.2) is 8.78 Å². The molecule has 0 radical (unpaired) electrons. The third-order valence-electron chi connectivity index (χ3n) is 3.67. The van der Waals surface area contributed by atoms with Crippen molar-refractivity contribution in [1.82, 2.24) is 10.2 Å². The van der Waals surface area contributed by atoms with Crippen molar-refractivity contribution in [3.63, 3.8) is 0 Å². The predicted octanol–water partition coefficient (Wildman–Crippen LogP) is 2.22. The lowest BCUT2D eigenvalue weighted by molar-refractivity contribution is -0.118. The van der Waals surface area contributed by atoms with E-state index in [2.05, 4.69) is 5.32 Å². The minimum Gasteiger partial charge on any atom is -0.390 e. The maximum absolute atomic E-state index is 14.3. The third-order valence-corrected chi connectivity index (χ3v) is 4.00. The third kappa shape index (κ3) is 3.11. The molecule has 3 nitrogen and oxygen atoms in total. The van der Waals surface area contributed by atoms with Gasteiger partial charge in [-0.05, 0) is 24.1 Å². The smallest absolute Gasteiger partial charge is 0.289 e. The number of rotatable bonds is 4. The molecule has 2 N–H and O–H groups in total. The molecule has 0 unspecified atom stereocenters. The van der Waals surface area contributed by atoms with E-state index in [-0.39, 0.29) is 0 Å². The van der Waals surface area contributed by atoms with Crippen molar-refractivity contribution in [2.24, 2.45) is 0 Å². The Hall–Kier alpha value is -0.750. The predicted molar refractivity (Wildman–Crippen MR) is 75.4 cm³/mol. The van der Waals surface area contributed by atoms with Crippen LogP contribution in [0, 0.1) is 6.92 Å². The van der Waals surface area contributed by atoms with Crippen molar-refractivity contribution in [3.05, 3.63) is 34.3 Å². The molecule has 0 aromatic heterocycles. The van der Waals surface area contributed by atoms with Gasteiger partial charge in [-0.15, -0.1) is 0 Å². The van der Waals surface area contributed by atoms with Crippen molar-refractivity contribution in [3.8, 4) is 0 Å². The maximum atomic E-state index is 14.3. The van der Waals surface area contributed by atoms with E-state index in [0.29, 0.717) is 42.3 Å². The normalized spacial score (nSPS) is 19.1. The summed E-state index contributed by atoms with van der Waals surface area (Å²) in [5.74, 6) is -3.23. The number of alkyl halides is 2. The Kier molecular flexibility index (Phi) is 4.96. The van der Waals surface area contributed by atoms with Crippen LogP contribution in [0.3, 0.4) is 0 Å². The zero-order valence-corrected chi connectivity index (χ0v) is 12.1. The summed E-state index contributed by atoms with van der Waals surface area (Å²) in [5.41, 5.74) is 1.13. The molecule has 1 atom stereocenters. The first-order chi connectivity index (χ1) is 9.47. The summed E-state index contributed by atoms with van der Waals surface area (Å²) in [7, 11) is 0. The summed E-state index contributed by atoms with van der Waals surface area (Å²) >= 11 is 6.15. The molecule has 0 saturated carbocycles. The molecule has 1 fully saturated rings. The second kappa shape index (κ2) is 6.35. The van der Waals surface area contributed by atoms with Gasteiger partial charge in [0.2, 0.25) is 0 Å². The highest BCUT2D eigenvalue weighted by molar-refractivity contribution is 6.31. The summed E-state index contributed by atoms with van der Waals surface area (Å²) in [6.07, 6.45) is 0. The van der Waals surface area contributed by atoms with E-state index in [1.54, 1.807) is 30.0 Å². The number of piperazine rings is 1. The standard InChI is InChI=1S/C14H19ClF2N2O/c1-10-3-2-4-11(15)12(10)13(14(16,17)9-20)19-7-5-18-6-8-19/h2-4,13,18,20H,5-9H2,1H3/t13-/m0/s1. The number of aliphatic hydroxyl groups is 1. The Morgan fingerprint density at radius 2 is 2.05 bits per heavy atom. The molecule has 2 rings (SSSR count). The number of aryl methyl sites for hydroxylation is 1. The fraction of sp³-hybridized carbons (Fsp3) is 0.571. The quantitative estimate of drug-likeness (QED) is 0.895. The number of aliphatic hydroxyl groups excluding tert-OH is 1. The average Bonchev–Trinajstić information content (AvgIpc) is 2.43. The Labute approximate surface area is 122 Å². The van der Waals surface area contributed by atoms with Gasteiger partial charge in [-0.3, -0.25) is 4.90 Å². The van der Waals surface area contributed by atoms with Crippen molar-refractivity contribution >= 4 is 11.6 Å². The highest BCUT2D eigenvalue weighted by Crippen LogP contribution is 2.40. The molecule has 112 valence electrons. The fourth-order valence-corrected chi connectivity index (χ4v) is 3.00. The van der Waals surface area contributed by atoms with Crippen molar-refractivity contribution < 1.29 is 13.9 Å². The van der Waals surface area contributed by atoms with Gasteiger partial charge >= 0.3 is 0 Å². The molecule has 0 aliphatic carbocycles. The van der Waals surface area contributed by atoms with E-state index in [1.165, 1.54) is 0 Å². The Morgan fingerprint density at radius 3 is 2.60 bits per heavy atom. The van der Waals surface area contributed by atoms with Crippen LogP contribution >= 0.6 is 11.6 Å². The molecule has 1 heterocycles. The molecular weight excluding hydrogens is 286 g/mol. The largest absolute Gasteiger partial charge is 0.390 e. The van der Waals surface area contributed by atoms with Crippen LogP contribution in [-0.2, 0) is 0 Å².